The normalized spacial score (nSPS) is 11.7. The fourth-order valence-electron chi connectivity index (χ4n) is 3.11. The van der Waals surface area contributed by atoms with Crippen molar-refractivity contribution in [3.63, 3.8) is 0 Å². The zero-order chi connectivity index (χ0) is 20.6. The summed E-state index contributed by atoms with van der Waals surface area (Å²) in [6.45, 7) is 3.99. The summed E-state index contributed by atoms with van der Waals surface area (Å²) in [7, 11) is 3.40. The number of pyridine rings is 1. The predicted molar refractivity (Wildman–Crippen MR) is 112 cm³/mol. The molecule has 0 amide bonds. The third-order valence-electron chi connectivity index (χ3n) is 4.54. The first-order chi connectivity index (χ1) is 14.1. The summed E-state index contributed by atoms with van der Waals surface area (Å²) in [4.78, 5) is 6.68. The van der Waals surface area contributed by atoms with E-state index in [1.54, 1.807) is 6.07 Å². The van der Waals surface area contributed by atoms with Crippen LogP contribution in [0.3, 0.4) is 0 Å². The average molecular weight is 398 g/mol. The Hall–Kier alpha value is -3.16. The van der Waals surface area contributed by atoms with Gasteiger partial charge in [-0.3, -0.25) is 9.39 Å². The van der Waals surface area contributed by atoms with Crippen molar-refractivity contribution in [2.75, 3.05) is 27.2 Å². The molecule has 7 nitrogen and oxygen atoms in total. The van der Waals surface area contributed by atoms with Crippen LogP contribution in [0.4, 0.5) is 4.39 Å². The Morgan fingerprint density at radius 2 is 2.14 bits per heavy atom. The van der Waals surface area contributed by atoms with E-state index in [4.69, 9.17) is 9.73 Å². The molecule has 0 spiro atoms. The Kier molecular flexibility index (Phi) is 6.99. The smallest absolute Gasteiger partial charge is 0.193 e. The van der Waals surface area contributed by atoms with Crippen LogP contribution in [0.2, 0.25) is 0 Å². The van der Waals surface area contributed by atoms with Gasteiger partial charge in [-0.05, 0) is 43.2 Å². The number of rotatable bonds is 8. The van der Waals surface area contributed by atoms with Crippen molar-refractivity contribution in [1.29, 1.82) is 0 Å². The molecule has 0 saturated heterocycles. The van der Waals surface area contributed by atoms with Gasteiger partial charge < -0.3 is 15.0 Å². The molecule has 1 aromatic carbocycles. The molecule has 0 bridgehead atoms. The number of ether oxygens (including phenoxy) is 1. The number of aliphatic imine (C=N–C) groups is 1. The van der Waals surface area contributed by atoms with Crippen LogP contribution in [0.5, 0.6) is 5.75 Å². The van der Waals surface area contributed by atoms with Crippen molar-refractivity contribution in [2.24, 2.45) is 4.99 Å². The quantitative estimate of drug-likeness (QED) is 0.359. The van der Waals surface area contributed by atoms with Gasteiger partial charge in [0.1, 0.15) is 5.82 Å². The van der Waals surface area contributed by atoms with Gasteiger partial charge in [0.2, 0.25) is 0 Å². The Morgan fingerprint density at radius 1 is 1.28 bits per heavy atom. The van der Waals surface area contributed by atoms with E-state index >= 15 is 0 Å². The first-order valence-corrected chi connectivity index (χ1v) is 9.73. The lowest BCUT2D eigenvalue weighted by molar-refractivity contribution is 0.385. The summed E-state index contributed by atoms with van der Waals surface area (Å²) in [6.07, 6.45) is 3.62. The van der Waals surface area contributed by atoms with Crippen LogP contribution in [-0.4, -0.2) is 52.7 Å². The zero-order valence-electron chi connectivity index (χ0n) is 17.1. The number of aryl methyl sites for hydroxylation is 1. The number of fused-ring (bicyclic) bond motifs is 1. The lowest BCUT2D eigenvalue weighted by Gasteiger charge is -2.22. The molecule has 0 aliphatic rings. The van der Waals surface area contributed by atoms with E-state index in [-0.39, 0.29) is 11.6 Å². The van der Waals surface area contributed by atoms with E-state index in [1.165, 1.54) is 13.2 Å². The molecule has 0 saturated carbocycles. The molecule has 29 heavy (non-hydrogen) atoms. The first-order valence-electron chi connectivity index (χ1n) is 9.73. The minimum absolute atomic E-state index is 0.248. The summed E-state index contributed by atoms with van der Waals surface area (Å²) in [5.41, 5.74) is 1.71. The second kappa shape index (κ2) is 9.86. The Morgan fingerprint density at radius 3 is 2.90 bits per heavy atom. The minimum Gasteiger partial charge on any atom is -0.494 e. The highest BCUT2D eigenvalue weighted by Crippen LogP contribution is 2.18. The van der Waals surface area contributed by atoms with E-state index in [0.29, 0.717) is 13.1 Å². The average Bonchev–Trinajstić information content (AvgIpc) is 3.13. The molecule has 3 rings (SSSR count). The van der Waals surface area contributed by atoms with Crippen molar-refractivity contribution in [2.45, 2.75) is 26.3 Å². The van der Waals surface area contributed by atoms with Gasteiger partial charge in [-0.1, -0.05) is 12.1 Å². The van der Waals surface area contributed by atoms with E-state index in [0.717, 1.165) is 42.4 Å². The van der Waals surface area contributed by atoms with Gasteiger partial charge >= 0.3 is 0 Å². The van der Waals surface area contributed by atoms with E-state index < -0.39 is 0 Å². The summed E-state index contributed by atoms with van der Waals surface area (Å²) in [6, 6.07) is 10.9. The number of nitrogens with zero attached hydrogens (tertiary/aromatic N) is 5. The van der Waals surface area contributed by atoms with Crippen molar-refractivity contribution < 1.29 is 9.13 Å². The fourth-order valence-corrected chi connectivity index (χ4v) is 3.11. The SMILES string of the molecule is CCNC(=NCCCc1nnc2ccccn12)N(C)Cc1ccc(OC)c(F)c1. The van der Waals surface area contributed by atoms with Crippen LogP contribution in [-0.2, 0) is 13.0 Å². The predicted octanol–water partition coefficient (Wildman–Crippen LogP) is 2.91. The van der Waals surface area contributed by atoms with Crippen LogP contribution in [0.25, 0.3) is 5.65 Å². The first kappa shape index (κ1) is 20.6. The Balaban J connectivity index is 1.59. The molecule has 0 aliphatic carbocycles. The van der Waals surface area contributed by atoms with Crippen molar-refractivity contribution in [1.82, 2.24) is 24.8 Å². The van der Waals surface area contributed by atoms with Gasteiger partial charge in [-0.25, -0.2) is 4.39 Å². The second-order valence-corrected chi connectivity index (χ2v) is 6.71. The van der Waals surface area contributed by atoms with Gasteiger partial charge in [0.25, 0.3) is 0 Å². The summed E-state index contributed by atoms with van der Waals surface area (Å²) >= 11 is 0. The van der Waals surface area contributed by atoms with E-state index in [1.807, 2.05) is 53.7 Å². The Bertz CT molecular complexity index is 971. The molecule has 0 aliphatic heterocycles. The van der Waals surface area contributed by atoms with Crippen molar-refractivity contribution in [3.05, 3.63) is 59.8 Å². The monoisotopic (exact) mass is 398 g/mol. The van der Waals surface area contributed by atoms with Crippen LogP contribution in [0.1, 0.15) is 24.7 Å². The fraction of sp³-hybridized carbons (Fsp3) is 0.381. The second-order valence-electron chi connectivity index (χ2n) is 6.71. The van der Waals surface area contributed by atoms with Crippen molar-refractivity contribution in [3.8, 4) is 5.75 Å². The number of hydrogen-bond acceptors (Lipinski definition) is 4. The van der Waals surface area contributed by atoms with Crippen molar-refractivity contribution >= 4 is 11.6 Å². The molecule has 0 radical (unpaired) electrons. The molecule has 2 heterocycles. The molecule has 8 heteroatoms. The highest BCUT2D eigenvalue weighted by atomic mass is 19.1. The largest absolute Gasteiger partial charge is 0.494 e. The molecule has 0 fully saturated rings. The summed E-state index contributed by atoms with van der Waals surface area (Å²) < 4.78 is 20.9. The lowest BCUT2D eigenvalue weighted by Crippen LogP contribution is -2.38. The molecule has 0 atom stereocenters. The molecule has 3 aromatic rings. The molecule has 0 unspecified atom stereocenters. The Labute approximate surface area is 170 Å². The number of methoxy groups -OCH3 is 1. The highest BCUT2D eigenvalue weighted by molar-refractivity contribution is 5.79. The van der Waals surface area contributed by atoms with Gasteiger partial charge in [-0.2, -0.15) is 0 Å². The lowest BCUT2D eigenvalue weighted by atomic mass is 10.2. The third kappa shape index (κ3) is 5.22. The van der Waals surface area contributed by atoms with Gasteiger partial charge in [0.15, 0.2) is 23.2 Å². The maximum absolute atomic E-state index is 13.9. The minimum atomic E-state index is -0.360. The standard InChI is InChI=1S/C21H27FN6O/c1-4-23-21(27(2)15-16-10-11-18(29-3)17(22)14-16)24-12-7-9-20-26-25-19-8-5-6-13-28(19)20/h5-6,8,10-11,13-14H,4,7,9,12,15H2,1-3H3,(H,23,24). The number of halogens is 1. The van der Waals surface area contributed by atoms with Crippen LogP contribution >= 0.6 is 0 Å². The maximum atomic E-state index is 13.9. The summed E-state index contributed by atoms with van der Waals surface area (Å²) in [5, 5.41) is 11.7. The number of benzene rings is 1. The number of hydrogen-bond donors (Lipinski definition) is 1. The topological polar surface area (TPSA) is 67.0 Å². The maximum Gasteiger partial charge on any atom is 0.193 e. The zero-order valence-corrected chi connectivity index (χ0v) is 17.1. The van der Waals surface area contributed by atoms with Gasteiger partial charge in [0, 0.05) is 39.3 Å². The van der Waals surface area contributed by atoms with Crippen LogP contribution in [0.15, 0.2) is 47.6 Å². The molecular weight excluding hydrogens is 371 g/mol. The number of aromatic nitrogens is 3. The van der Waals surface area contributed by atoms with E-state index in [2.05, 4.69) is 15.5 Å². The number of guanidine groups is 1. The van der Waals surface area contributed by atoms with Crippen LogP contribution < -0.4 is 10.1 Å². The third-order valence-corrected chi connectivity index (χ3v) is 4.54. The van der Waals surface area contributed by atoms with Crippen LogP contribution in [0, 0.1) is 5.82 Å². The highest BCUT2D eigenvalue weighted by Gasteiger charge is 2.10. The molecular formula is C21H27FN6O. The number of nitrogens with one attached hydrogen (secondary N) is 1. The van der Waals surface area contributed by atoms with E-state index in [9.17, 15) is 4.39 Å². The van der Waals surface area contributed by atoms with Gasteiger partial charge in [0.05, 0.1) is 7.11 Å². The molecule has 154 valence electrons. The molecule has 1 N–H and O–H groups in total. The molecule has 2 aromatic heterocycles. The summed E-state index contributed by atoms with van der Waals surface area (Å²) in [5.74, 6) is 1.61. The van der Waals surface area contributed by atoms with Gasteiger partial charge in [-0.15, -0.1) is 10.2 Å².